The maximum absolute atomic E-state index is 13.1. The summed E-state index contributed by atoms with van der Waals surface area (Å²) in [5, 5.41) is 10.0. The van der Waals surface area contributed by atoms with E-state index in [1.807, 2.05) is 13.0 Å². The van der Waals surface area contributed by atoms with Gasteiger partial charge in [-0.15, -0.1) is 11.8 Å². The molecule has 1 aliphatic rings. The van der Waals surface area contributed by atoms with Crippen LogP contribution in [0.4, 0.5) is 15.8 Å². The fourth-order valence-corrected chi connectivity index (χ4v) is 3.58. The van der Waals surface area contributed by atoms with E-state index in [2.05, 4.69) is 20.9 Å². The molecule has 0 bridgehead atoms. The number of carbonyl (C=O) groups is 1. The molecule has 2 aromatic rings. The zero-order valence-electron chi connectivity index (χ0n) is 14.0. The Morgan fingerprint density at radius 3 is 2.62 bits per heavy atom. The van der Waals surface area contributed by atoms with Crippen molar-refractivity contribution in [1.82, 2.24) is 5.32 Å². The van der Waals surface area contributed by atoms with Crippen molar-refractivity contribution < 1.29 is 9.18 Å². The van der Waals surface area contributed by atoms with Gasteiger partial charge in [-0.3, -0.25) is 10.1 Å². The number of amides is 1. The summed E-state index contributed by atoms with van der Waals surface area (Å²) in [6, 6.07) is 12.5. The third kappa shape index (κ3) is 5.20. The molecule has 5 nitrogen and oxygen atoms in total. The van der Waals surface area contributed by atoms with Crippen LogP contribution >= 0.6 is 23.4 Å². The highest BCUT2D eigenvalue weighted by Crippen LogP contribution is 2.19. The number of halogens is 2. The van der Waals surface area contributed by atoms with E-state index in [1.165, 1.54) is 12.1 Å². The molecule has 1 heterocycles. The zero-order chi connectivity index (χ0) is 18.5. The van der Waals surface area contributed by atoms with Gasteiger partial charge in [-0.05, 0) is 49.4 Å². The Morgan fingerprint density at radius 1 is 1.23 bits per heavy atom. The first-order valence-electron chi connectivity index (χ1n) is 8.05. The van der Waals surface area contributed by atoms with Gasteiger partial charge in [-0.1, -0.05) is 17.7 Å². The molecule has 2 unspecified atom stereocenters. The molecule has 0 saturated carbocycles. The van der Waals surface area contributed by atoms with Crippen LogP contribution in [-0.2, 0) is 4.79 Å². The predicted molar refractivity (Wildman–Crippen MR) is 106 cm³/mol. The molecule has 1 aliphatic heterocycles. The summed E-state index contributed by atoms with van der Waals surface area (Å²) >= 11 is 7.68. The summed E-state index contributed by atoms with van der Waals surface area (Å²) in [6.45, 7) is 2.00. The van der Waals surface area contributed by atoms with Gasteiger partial charge >= 0.3 is 0 Å². The largest absolute Gasteiger partial charge is 0.326 e. The van der Waals surface area contributed by atoms with Crippen LogP contribution in [0.5, 0.6) is 0 Å². The number of nitrogens with one attached hydrogen (secondary N) is 3. The van der Waals surface area contributed by atoms with Crippen LogP contribution in [0.15, 0.2) is 53.5 Å². The average Bonchev–Trinajstić information content (AvgIpc) is 3.03. The summed E-state index contributed by atoms with van der Waals surface area (Å²) in [4.78, 5) is 16.7. The van der Waals surface area contributed by atoms with E-state index < -0.39 is 0 Å². The van der Waals surface area contributed by atoms with E-state index in [0.717, 1.165) is 0 Å². The van der Waals surface area contributed by atoms with Gasteiger partial charge in [0, 0.05) is 22.2 Å². The number of aliphatic imine (C=N–C) groups is 1. The fourth-order valence-electron chi connectivity index (χ4n) is 2.41. The van der Waals surface area contributed by atoms with Crippen LogP contribution in [0.3, 0.4) is 0 Å². The van der Waals surface area contributed by atoms with Crippen LogP contribution in [-0.4, -0.2) is 29.0 Å². The van der Waals surface area contributed by atoms with Gasteiger partial charge < -0.3 is 10.6 Å². The van der Waals surface area contributed by atoms with Crippen molar-refractivity contribution in [2.75, 3.05) is 16.4 Å². The molecule has 0 aliphatic carbocycles. The van der Waals surface area contributed by atoms with E-state index in [0.29, 0.717) is 22.2 Å². The molecule has 2 atom stereocenters. The van der Waals surface area contributed by atoms with E-state index in [1.54, 1.807) is 42.1 Å². The topological polar surface area (TPSA) is 65.5 Å². The second kappa shape index (κ2) is 8.53. The molecule has 2 aromatic carbocycles. The number of nitrogens with zero attached hydrogens (tertiary/aromatic N) is 1. The first-order chi connectivity index (χ1) is 12.5. The Morgan fingerprint density at radius 2 is 1.96 bits per heavy atom. The minimum Gasteiger partial charge on any atom is -0.326 e. The van der Waals surface area contributed by atoms with Gasteiger partial charge in [0.15, 0.2) is 0 Å². The van der Waals surface area contributed by atoms with Crippen molar-refractivity contribution in [3.05, 3.63) is 59.4 Å². The summed E-state index contributed by atoms with van der Waals surface area (Å²) < 4.78 is 13.1. The molecule has 1 fully saturated rings. The second-order valence-electron chi connectivity index (χ2n) is 5.76. The van der Waals surface area contributed by atoms with Crippen molar-refractivity contribution in [2.24, 2.45) is 4.99 Å². The first kappa shape index (κ1) is 18.7. The summed E-state index contributed by atoms with van der Waals surface area (Å²) in [6.07, 6.45) is 0. The predicted octanol–water partition coefficient (Wildman–Crippen LogP) is 3.94. The van der Waals surface area contributed by atoms with Crippen LogP contribution in [0.25, 0.3) is 0 Å². The molecular formula is C18H18ClFN4OS. The Balaban J connectivity index is 1.81. The van der Waals surface area contributed by atoms with E-state index in [-0.39, 0.29) is 29.1 Å². The summed E-state index contributed by atoms with van der Waals surface area (Å²) in [5.41, 5.74) is 1.29. The number of thioether (sulfide) groups is 1. The molecule has 26 heavy (non-hydrogen) atoms. The number of anilines is 2. The van der Waals surface area contributed by atoms with Crippen molar-refractivity contribution in [3.8, 4) is 0 Å². The Labute approximate surface area is 160 Å². The lowest BCUT2D eigenvalue weighted by Crippen LogP contribution is -2.36. The van der Waals surface area contributed by atoms with Crippen molar-refractivity contribution in [1.29, 1.82) is 0 Å². The van der Waals surface area contributed by atoms with Crippen LogP contribution in [0, 0.1) is 5.82 Å². The van der Waals surface area contributed by atoms with Gasteiger partial charge in [-0.25, -0.2) is 4.39 Å². The Kier molecular flexibility index (Phi) is 6.13. The minimum absolute atomic E-state index is 0.216. The van der Waals surface area contributed by atoms with Crippen LogP contribution < -0.4 is 16.0 Å². The Hall–Kier alpha value is -2.09. The fraction of sp³-hybridized carbons (Fsp3) is 0.222. The normalized spacial score (nSPS) is 20.0. The number of rotatable bonds is 3. The van der Waals surface area contributed by atoms with Crippen LogP contribution in [0.1, 0.15) is 6.92 Å². The lowest BCUT2D eigenvalue weighted by Gasteiger charge is -2.14. The van der Waals surface area contributed by atoms with E-state index >= 15 is 0 Å². The van der Waals surface area contributed by atoms with Crippen molar-refractivity contribution in [3.63, 3.8) is 0 Å². The lowest BCUT2D eigenvalue weighted by molar-refractivity contribution is -0.119. The average molecular weight is 393 g/mol. The standard InChI is InChI=1S/C18H18ClFN4OS/c1-11-21-16(10-26-11)17(25)24-18(22-14-7-5-13(20)6-8-14)23-15-4-2-3-12(19)9-15/h2-9,11,16,21H,10H2,1H3,(H2,22,23,24,25). The van der Waals surface area contributed by atoms with Gasteiger partial charge in [0.2, 0.25) is 5.96 Å². The molecule has 1 saturated heterocycles. The molecule has 3 rings (SSSR count). The molecular weight excluding hydrogens is 375 g/mol. The highest BCUT2D eigenvalue weighted by Gasteiger charge is 2.27. The molecule has 0 aromatic heterocycles. The third-order valence-electron chi connectivity index (χ3n) is 3.66. The van der Waals surface area contributed by atoms with Gasteiger partial charge in [0.25, 0.3) is 5.91 Å². The Bertz CT molecular complexity index is 815. The number of guanidine groups is 1. The van der Waals surface area contributed by atoms with Gasteiger partial charge in [0.05, 0.1) is 11.4 Å². The SMILES string of the molecule is CC1NC(C(=O)/N=C(/Nc2ccc(F)cc2)Nc2cccc(Cl)c2)CS1. The number of carbonyl (C=O) groups excluding carboxylic acids is 1. The van der Waals surface area contributed by atoms with Crippen LogP contribution in [0.2, 0.25) is 5.02 Å². The van der Waals surface area contributed by atoms with Crippen molar-refractivity contribution in [2.45, 2.75) is 18.3 Å². The zero-order valence-corrected chi connectivity index (χ0v) is 15.6. The molecule has 3 N–H and O–H groups in total. The van der Waals surface area contributed by atoms with E-state index in [9.17, 15) is 9.18 Å². The number of hydrogen-bond acceptors (Lipinski definition) is 3. The minimum atomic E-state index is -0.339. The highest BCUT2D eigenvalue weighted by atomic mass is 35.5. The summed E-state index contributed by atoms with van der Waals surface area (Å²) in [7, 11) is 0. The van der Waals surface area contributed by atoms with Crippen molar-refractivity contribution >= 4 is 46.6 Å². The molecule has 0 radical (unpaired) electrons. The molecule has 1 amide bonds. The van der Waals surface area contributed by atoms with Gasteiger partial charge in [0.1, 0.15) is 5.82 Å². The number of hydrogen-bond donors (Lipinski definition) is 3. The number of benzene rings is 2. The first-order valence-corrected chi connectivity index (χ1v) is 9.47. The van der Waals surface area contributed by atoms with Gasteiger partial charge in [-0.2, -0.15) is 4.99 Å². The molecule has 0 spiro atoms. The highest BCUT2D eigenvalue weighted by molar-refractivity contribution is 8.00. The lowest BCUT2D eigenvalue weighted by atomic mass is 10.3. The quantitative estimate of drug-likeness (QED) is 0.545. The monoisotopic (exact) mass is 392 g/mol. The van der Waals surface area contributed by atoms with E-state index in [4.69, 9.17) is 11.6 Å². The summed E-state index contributed by atoms with van der Waals surface area (Å²) in [5.74, 6) is 0.301. The maximum Gasteiger partial charge on any atom is 0.266 e. The second-order valence-corrected chi connectivity index (χ2v) is 7.57. The molecule has 136 valence electrons. The maximum atomic E-state index is 13.1. The third-order valence-corrected chi connectivity index (χ3v) is 5.06. The molecule has 8 heteroatoms. The smallest absolute Gasteiger partial charge is 0.266 e.